The van der Waals surface area contributed by atoms with Crippen molar-refractivity contribution < 1.29 is 8.42 Å². The first-order valence-electron chi connectivity index (χ1n) is 6.14. The van der Waals surface area contributed by atoms with Crippen molar-refractivity contribution in [3.8, 4) is 0 Å². The maximum atomic E-state index is 12.4. The zero-order valence-corrected chi connectivity index (χ0v) is 11.7. The van der Waals surface area contributed by atoms with E-state index in [0.29, 0.717) is 11.1 Å². The average Bonchev–Trinajstić information content (AvgIpc) is 2.47. The first kappa shape index (κ1) is 13.3. The van der Waals surface area contributed by atoms with Gasteiger partial charge in [-0.1, -0.05) is 12.1 Å². The molecular formula is C14H12N4O2S. The van der Waals surface area contributed by atoms with Crippen LogP contribution in [0.2, 0.25) is 0 Å². The summed E-state index contributed by atoms with van der Waals surface area (Å²) in [6, 6.07) is 10.1. The molecule has 0 aliphatic rings. The van der Waals surface area contributed by atoms with E-state index in [4.69, 9.17) is 5.73 Å². The van der Waals surface area contributed by atoms with Crippen LogP contribution >= 0.6 is 0 Å². The third-order valence-electron chi connectivity index (χ3n) is 3.02. The van der Waals surface area contributed by atoms with Crippen molar-refractivity contribution in [2.45, 2.75) is 4.90 Å². The minimum atomic E-state index is -3.80. The van der Waals surface area contributed by atoms with Gasteiger partial charge in [0.2, 0.25) is 0 Å². The molecule has 7 heteroatoms. The lowest BCUT2D eigenvalue weighted by atomic mass is 10.1. The molecule has 0 atom stereocenters. The summed E-state index contributed by atoms with van der Waals surface area (Å²) in [5, 5.41) is 1.61. The van der Waals surface area contributed by atoms with Gasteiger partial charge in [0.25, 0.3) is 10.0 Å². The Morgan fingerprint density at radius 3 is 2.71 bits per heavy atom. The molecule has 21 heavy (non-hydrogen) atoms. The third-order valence-corrected chi connectivity index (χ3v) is 4.43. The van der Waals surface area contributed by atoms with E-state index in [9.17, 15) is 8.42 Å². The summed E-state index contributed by atoms with van der Waals surface area (Å²) >= 11 is 0. The van der Waals surface area contributed by atoms with Crippen LogP contribution in [0.3, 0.4) is 0 Å². The average molecular weight is 300 g/mol. The standard InChI is InChI=1S/C14H12N4O2S/c15-14-13(5-2-7-17-14)21(19,20)18-12-4-1-3-10-6-8-16-9-11(10)12/h1-9,18H,(H2,15,17). The summed E-state index contributed by atoms with van der Waals surface area (Å²) in [6.07, 6.45) is 4.70. The number of rotatable bonds is 3. The topological polar surface area (TPSA) is 98.0 Å². The Hall–Kier alpha value is -2.67. The number of fused-ring (bicyclic) bond motifs is 1. The van der Waals surface area contributed by atoms with Crippen molar-refractivity contribution in [2.75, 3.05) is 10.5 Å². The predicted molar refractivity (Wildman–Crippen MR) is 81.2 cm³/mol. The number of aromatic nitrogens is 2. The van der Waals surface area contributed by atoms with Gasteiger partial charge < -0.3 is 5.73 Å². The lowest BCUT2D eigenvalue weighted by molar-refractivity contribution is 0.601. The van der Waals surface area contributed by atoms with E-state index in [1.165, 1.54) is 18.3 Å². The van der Waals surface area contributed by atoms with E-state index >= 15 is 0 Å². The fourth-order valence-electron chi connectivity index (χ4n) is 2.03. The predicted octanol–water partition coefficient (Wildman–Crippen LogP) is 2.01. The molecule has 0 aliphatic carbocycles. The number of pyridine rings is 2. The molecule has 0 fully saturated rings. The molecule has 0 bridgehead atoms. The van der Waals surface area contributed by atoms with E-state index in [1.54, 1.807) is 24.5 Å². The molecule has 0 saturated carbocycles. The van der Waals surface area contributed by atoms with Crippen LogP contribution in [0.25, 0.3) is 10.8 Å². The first-order valence-corrected chi connectivity index (χ1v) is 7.62. The Kier molecular flexibility index (Phi) is 3.19. The number of hydrogen-bond acceptors (Lipinski definition) is 5. The second-order valence-electron chi connectivity index (χ2n) is 4.39. The summed E-state index contributed by atoms with van der Waals surface area (Å²) < 4.78 is 27.4. The third kappa shape index (κ3) is 2.50. The highest BCUT2D eigenvalue weighted by molar-refractivity contribution is 7.92. The van der Waals surface area contributed by atoms with Crippen LogP contribution in [-0.2, 0) is 10.0 Å². The smallest absolute Gasteiger partial charge is 0.265 e. The molecule has 0 spiro atoms. The van der Waals surface area contributed by atoms with Gasteiger partial charge >= 0.3 is 0 Å². The van der Waals surface area contributed by atoms with Crippen LogP contribution in [-0.4, -0.2) is 18.4 Å². The highest BCUT2D eigenvalue weighted by atomic mass is 32.2. The fourth-order valence-corrected chi connectivity index (χ4v) is 3.20. The number of nitrogens with two attached hydrogens (primary N) is 1. The largest absolute Gasteiger partial charge is 0.383 e. The maximum absolute atomic E-state index is 12.4. The molecule has 0 amide bonds. The summed E-state index contributed by atoms with van der Waals surface area (Å²) in [6.45, 7) is 0. The Labute approximate surface area is 121 Å². The van der Waals surface area contributed by atoms with Gasteiger partial charge in [-0.05, 0) is 29.7 Å². The molecule has 0 aliphatic heterocycles. The van der Waals surface area contributed by atoms with Gasteiger partial charge in [0.15, 0.2) is 0 Å². The fraction of sp³-hybridized carbons (Fsp3) is 0. The molecule has 3 aromatic rings. The molecule has 3 N–H and O–H groups in total. The lowest BCUT2D eigenvalue weighted by Crippen LogP contribution is -2.15. The van der Waals surface area contributed by atoms with E-state index in [0.717, 1.165) is 5.39 Å². The molecule has 2 aromatic heterocycles. The Morgan fingerprint density at radius 2 is 1.90 bits per heavy atom. The minimum absolute atomic E-state index is 0.0386. The van der Waals surface area contributed by atoms with Gasteiger partial charge in [-0.15, -0.1) is 0 Å². The second-order valence-corrected chi connectivity index (χ2v) is 6.05. The van der Waals surface area contributed by atoms with Gasteiger partial charge in [0.05, 0.1) is 5.69 Å². The molecule has 3 rings (SSSR count). The number of sulfonamides is 1. The quantitative estimate of drug-likeness (QED) is 0.771. The first-order chi connectivity index (χ1) is 10.1. The number of anilines is 2. The van der Waals surface area contributed by atoms with Gasteiger partial charge in [0.1, 0.15) is 10.7 Å². The summed E-state index contributed by atoms with van der Waals surface area (Å²) in [5.41, 5.74) is 6.08. The maximum Gasteiger partial charge on any atom is 0.265 e. The van der Waals surface area contributed by atoms with Gasteiger partial charge in [-0.3, -0.25) is 9.71 Å². The number of nitrogen functional groups attached to an aromatic ring is 1. The summed E-state index contributed by atoms with van der Waals surface area (Å²) in [5.74, 6) is -0.0386. The molecule has 1 aromatic carbocycles. The molecular weight excluding hydrogens is 288 g/mol. The van der Waals surface area contributed by atoms with Crippen LogP contribution in [0.1, 0.15) is 0 Å². The molecule has 6 nitrogen and oxygen atoms in total. The van der Waals surface area contributed by atoms with Crippen molar-refractivity contribution >= 4 is 32.3 Å². The molecule has 0 saturated heterocycles. The van der Waals surface area contributed by atoms with Crippen LogP contribution in [0.4, 0.5) is 11.5 Å². The lowest BCUT2D eigenvalue weighted by Gasteiger charge is -2.11. The normalized spacial score (nSPS) is 11.4. The van der Waals surface area contributed by atoms with E-state index < -0.39 is 10.0 Å². The Morgan fingerprint density at radius 1 is 1.05 bits per heavy atom. The zero-order chi connectivity index (χ0) is 14.9. The SMILES string of the molecule is Nc1ncccc1S(=O)(=O)Nc1cccc2ccncc12. The van der Waals surface area contributed by atoms with E-state index in [-0.39, 0.29) is 10.7 Å². The molecule has 0 unspecified atom stereocenters. The molecule has 0 radical (unpaired) electrons. The highest BCUT2D eigenvalue weighted by Crippen LogP contribution is 2.25. The van der Waals surface area contributed by atoms with Gasteiger partial charge in [0, 0.05) is 24.0 Å². The molecule has 106 valence electrons. The van der Waals surface area contributed by atoms with Crippen molar-refractivity contribution in [3.63, 3.8) is 0 Å². The van der Waals surface area contributed by atoms with Crippen LogP contribution in [0, 0.1) is 0 Å². The van der Waals surface area contributed by atoms with E-state index in [1.807, 2.05) is 12.1 Å². The van der Waals surface area contributed by atoms with Crippen molar-refractivity contribution in [1.29, 1.82) is 0 Å². The monoisotopic (exact) mass is 300 g/mol. The van der Waals surface area contributed by atoms with Crippen molar-refractivity contribution in [3.05, 3.63) is 55.0 Å². The van der Waals surface area contributed by atoms with E-state index in [2.05, 4.69) is 14.7 Å². The van der Waals surface area contributed by atoms with Crippen LogP contribution < -0.4 is 10.5 Å². The molecule has 2 heterocycles. The number of benzene rings is 1. The van der Waals surface area contributed by atoms with Gasteiger partial charge in [-0.2, -0.15) is 0 Å². The van der Waals surface area contributed by atoms with Crippen LogP contribution in [0.15, 0.2) is 59.9 Å². The highest BCUT2D eigenvalue weighted by Gasteiger charge is 2.18. The number of nitrogens with zero attached hydrogens (tertiary/aromatic N) is 2. The van der Waals surface area contributed by atoms with Crippen molar-refractivity contribution in [2.24, 2.45) is 0 Å². The summed E-state index contributed by atoms with van der Waals surface area (Å²) in [7, 11) is -3.80. The van der Waals surface area contributed by atoms with Crippen LogP contribution in [0.5, 0.6) is 0 Å². The van der Waals surface area contributed by atoms with Gasteiger partial charge in [-0.25, -0.2) is 13.4 Å². The Balaban J connectivity index is 2.08. The minimum Gasteiger partial charge on any atom is -0.383 e. The second kappa shape index (κ2) is 5.02. The zero-order valence-electron chi connectivity index (χ0n) is 10.9. The van der Waals surface area contributed by atoms with Crippen molar-refractivity contribution in [1.82, 2.24) is 9.97 Å². The number of nitrogens with one attached hydrogen (secondary N) is 1. The Bertz CT molecular complexity index is 904. The number of hydrogen-bond donors (Lipinski definition) is 2. The summed E-state index contributed by atoms with van der Waals surface area (Å²) in [4.78, 5) is 7.77.